The fourth-order valence-electron chi connectivity index (χ4n) is 3.31. The number of phenols is 1. The first kappa shape index (κ1) is 23.0. The average Bonchev–Trinajstić information content (AvgIpc) is 2.91. The van der Waals surface area contributed by atoms with Gasteiger partial charge in [0, 0.05) is 22.7 Å². The molecule has 0 amide bonds. The molecule has 0 radical (unpaired) electrons. The van der Waals surface area contributed by atoms with Gasteiger partial charge >= 0.3 is 5.97 Å². The molecule has 0 unspecified atom stereocenters. The van der Waals surface area contributed by atoms with Crippen LogP contribution in [0.2, 0.25) is 10.0 Å². The van der Waals surface area contributed by atoms with Crippen molar-refractivity contribution >= 4 is 46.0 Å². The van der Waals surface area contributed by atoms with Gasteiger partial charge in [0.15, 0.2) is 17.4 Å². The van der Waals surface area contributed by atoms with Gasteiger partial charge < -0.3 is 9.84 Å². The maximum atomic E-state index is 14.9. The Balaban J connectivity index is 2.24. The lowest BCUT2D eigenvalue weighted by Gasteiger charge is -2.19. The lowest BCUT2D eigenvalue weighted by molar-refractivity contribution is -0.153. The average molecular weight is 470 g/mol. The van der Waals surface area contributed by atoms with Crippen LogP contribution in [0.5, 0.6) is 5.75 Å². The third-order valence-corrected chi connectivity index (χ3v) is 5.34. The van der Waals surface area contributed by atoms with Crippen molar-refractivity contribution in [3.63, 3.8) is 0 Å². The summed E-state index contributed by atoms with van der Waals surface area (Å²) in [6, 6.07) is 5.02. The van der Waals surface area contributed by atoms with Gasteiger partial charge in [-0.3, -0.25) is 14.2 Å². The second-order valence-corrected chi connectivity index (χ2v) is 8.83. The van der Waals surface area contributed by atoms with E-state index < -0.39 is 34.9 Å². The number of nitrogens with zero attached hydrogens (tertiary/aromatic N) is 1. The van der Waals surface area contributed by atoms with E-state index in [9.17, 15) is 23.5 Å². The molecule has 1 aromatic heterocycles. The molecule has 31 heavy (non-hydrogen) atoms. The number of carbonyl (C=O) groups is 2. The summed E-state index contributed by atoms with van der Waals surface area (Å²) in [5.41, 5.74) is -0.509. The normalized spacial score (nSPS) is 11.7. The van der Waals surface area contributed by atoms with Crippen molar-refractivity contribution < 1.29 is 28.2 Å². The number of benzene rings is 2. The highest BCUT2D eigenvalue weighted by atomic mass is 35.5. The molecule has 0 atom stereocenters. The third-order valence-electron chi connectivity index (χ3n) is 4.60. The Kier molecular flexibility index (Phi) is 6.04. The van der Waals surface area contributed by atoms with Gasteiger partial charge in [0.1, 0.15) is 5.60 Å². The highest BCUT2D eigenvalue weighted by molar-refractivity contribution is 6.42. The minimum absolute atomic E-state index is 0.102. The summed E-state index contributed by atoms with van der Waals surface area (Å²) in [5.74, 6) is -5.01. The monoisotopic (exact) mass is 469 g/mol. The number of fused-ring (bicyclic) bond motifs is 1. The van der Waals surface area contributed by atoms with Crippen molar-refractivity contribution in [1.29, 1.82) is 0 Å². The smallest absolute Gasteiger partial charge is 0.310 e. The lowest BCUT2D eigenvalue weighted by Crippen LogP contribution is -2.25. The van der Waals surface area contributed by atoms with E-state index in [0.29, 0.717) is 0 Å². The predicted molar refractivity (Wildman–Crippen MR) is 114 cm³/mol. The van der Waals surface area contributed by atoms with Gasteiger partial charge in [-0.1, -0.05) is 23.2 Å². The van der Waals surface area contributed by atoms with E-state index in [2.05, 4.69) is 0 Å². The van der Waals surface area contributed by atoms with Gasteiger partial charge in [-0.2, -0.15) is 0 Å². The zero-order chi connectivity index (χ0) is 23.2. The van der Waals surface area contributed by atoms with Crippen LogP contribution < -0.4 is 0 Å². The molecule has 1 heterocycles. The van der Waals surface area contributed by atoms with Gasteiger partial charge in [-0.25, -0.2) is 8.78 Å². The quantitative estimate of drug-likeness (QED) is 0.491. The molecule has 0 fully saturated rings. The number of phenolic OH excluding ortho intramolecular Hbond substituents is 1. The second-order valence-electron chi connectivity index (χ2n) is 8.01. The van der Waals surface area contributed by atoms with Crippen molar-refractivity contribution in [2.24, 2.45) is 0 Å². The number of hydrogen-bond acceptors (Lipinski definition) is 4. The van der Waals surface area contributed by atoms with E-state index in [1.807, 2.05) is 0 Å². The SMILES string of the molecule is Cc1c(CC(=O)OC(C)(C)C)c2c(F)c(O)c(F)cc2n1C(=O)c1ccc(Cl)c(Cl)c1. The third kappa shape index (κ3) is 4.38. The summed E-state index contributed by atoms with van der Waals surface area (Å²) in [6.45, 7) is 6.52. The van der Waals surface area contributed by atoms with Crippen LogP contribution in [0.1, 0.15) is 42.4 Å². The summed E-state index contributed by atoms with van der Waals surface area (Å²) in [7, 11) is 0. The summed E-state index contributed by atoms with van der Waals surface area (Å²) < 4.78 is 35.4. The molecular formula is C22H19Cl2F2NO4. The van der Waals surface area contributed by atoms with E-state index in [0.717, 1.165) is 10.6 Å². The van der Waals surface area contributed by atoms with E-state index >= 15 is 0 Å². The number of aromatic hydroxyl groups is 1. The Morgan fingerprint density at radius 1 is 1.13 bits per heavy atom. The lowest BCUT2D eigenvalue weighted by atomic mass is 10.1. The number of halogens is 4. The fourth-order valence-corrected chi connectivity index (χ4v) is 3.61. The van der Waals surface area contributed by atoms with Crippen molar-refractivity contribution in [2.45, 2.75) is 39.7 Å². The number of hydrogen-bond donors (Lipinski definition) is 1. The molecule has 0 saturated carbocycles. The molecule has 164 valence electrons. The fraction of sp³-hybridized carbons (Fsp3) is 0.273. The Morgan fingerprint density at radius 3 is 2.35 bits per heavy atom. The summed E-state index contributed by atoms with van der Waals surface area (Å²) in [4.78, 5) is 25.6. The first-order valence-electron chi connectivity index (χ1n) is 9.24. The largest absolute Gasteiger partial charge is 0.503 e. The summed E-state index contributed by atoms with van der Waals surface area (Å²) in [6.07, 6.45) is -0.386. The number of ether oxygens (including phenoxy) is 1. The molecule has 3 aromatic rings. The van der Waals surface area contributed by atoms with E-state index in [-0.39, 0.29) is 44.2 Å². The number of carbonyl (C=O) groups excluding carboxylic acids is 2. The Labute approximate surface area is 187 Å². The molecule has 0 saturated heterocycles. The van der Waals surface area contributed by atoms with Crippen LogP contribution in [0, 0.1) is 18.6 Å². The maximum absolute atomic E-state index is 14.9. The Bertz CT molecular complexity index is 1230. The zero-order valence-electron chi connectivity index (χ0n) is 17.1. The molecule has 0 aliphatic heterocycles. The summed E-state index contributed by atoms with van der Waals surface area (Å²) in [5, 5.41) is 9.91. The van der Waals surface area contributed by atoms with Crippen LogP contribution in [0.25, 0.3) is 10.9 Å². The van der Waals surface area contributed by atoms with Gasteiger partial charge in [-0.05, 0) is 51.5 Å². The molecule has 0 aliphatic rings. The van der Waals surface area contributed by atoms with E-state index in [1.165, 1.54) is 25.1 Å². The molecule has 5 nitrogen and oxygen atoms in total. The van der Waals surface area contributed by atoms with Crippen LogP contribution >= 0.6 is 23.2 Å². The number of aromatic nitrogens is 1. The number of esters is 1. The van der Waals surface area contributed by atoms with E-state index in [4.69, 9.17) is 27.9 Å². The first-order chi connectivity index (χ1) is 14.3. The molecule has 2 aromatic carbocycles. The first-order valence-corrected chi connectivity index (χ1v) is 10.00. The van der Waals surface area contributed by atoms with E-state index in [1.54, 1.807) is 20.8 Å². The minimum Gasteiger partial charge on any atom is -0.503 e. The topological polar surface area (TPSA) is 68.5 Å². The highest BCUT2D eigenvalue weighted by Crippen LogP contribution is 2.36. The Morgan fingerprint density at radius 2 is 1.77 bits per heavy atom. The highest BCUT2D eigenvalue weighted by Gasteiger charge is 2.28. The minimum atomic E-state index is -1.27. The molecule has 0 bridgehead atoms. The zero-order valence-corrected chi connectivity index (χ0v) is 18.7. The van der Waals surface area contributed by atoms with Crippen LogP contribution in [0.4, 0.5) is 8.78 Å². The van der Waals surface area contributed by atoms with Crippen LogP contribution in [-0.2, 0) is 16.0 Å². The summed E-state index contributed by atoms with van der Waals surface area (Å²) >= 11 is 11.9. The second kappa shape index (κ2) is 8.13. The van der Waals surface area contributed by atoms with Crippen molar-refractivity contribution in [3.8, 4) is 5.75 Å². The van der Waals surface area contributed by atoms with Crippen LogP contribution in [-0.4, -0.2) is 27.2 Å². The standard InChI is InChI=1S/C22H19Cl2F2NO4/c1-10-12(8-17(28)31-22(2,3)4)18-16(9-15(25)20(29)19(18)26)27(10)21(30)11-5-6-13(23)14(24)7-11/h5-7,9,29H,8H2,1-4H3. The molecule has 1 N–H and O–H groups in total. The molecule has 0 spiro atoms. The number of rotatable bonds is 3. The van der Waals surface area contributed by atoms with Gasteiger partial charge in [0.2, 0.25) is 0 Å². The van der Waals surface area contributed by atoms with Gasteiger partial charge in [0.25, 0.3) is 5.91 Å². The van der Waals surface area contributed by atoms with Gasteiger partial charge in [0.05, 0.1) is 22.0 Å². The molecule has 0 aliphatic carbocycles. The van der Waals surface area contributed by atoms with Gasteiger partial charge in [-0.15, -0.1) is 0 Å². The molecule has 9 heteroatoms. The van der Waals surface area contributed by atoms with Crippen LogP contribution in [0.3, 0.4) is 0 Å². The maximum Gasteiger partial charge on any atom is 0.310 e. The predicted octanol–water partition coefficient (Wildman–Crippen LogP) is 5.81. The van der Waals surface area contributed by atoms with Crippen molar-refractivity contribution in [2.75, 3.05) is 0 Å². The van der Waals surface area contributed by atoms with Crippen molar-refractivity contribution in [1.82, 2.24) is 4.57 Å². The van der Waals surface area contributed by atoms with Crippen LogP contribution in [0.15, 0.2) is 24.3 Å². The molecule has 3 rings (SSSR count). The Hall–Kier alpha value is -2.64. The van der Waals surface area contributed by atoms with Crippen molar-refractivity contribution in [3.05, 3.63) is 62.8 Å². The molecular weight excluding hydrogens is 451 g/mol.